The minimum Gasteiger partial charge on any atom is -0.202 e. The topological polar surface area (TPSA) is 13.7 Å². The summed E-state index contributed by atoms with van der Waals surface area (Å²) in [4.78, 5) is 5.32. The van der Waals surface area contributed by atoms with Gasteiger partial charge in [0.15, 0.2) is 0 Å². The smallest absolute Gasteiger partial charge is 0.114 e. The Morgan fingerprint density at radius 1 is 1.50 bits per heavy atom. The van der Waals surface area contributed by atoms with E-state index in [2.05, 4.69) is 13.8 Å². The third-order valence-corrected chi connectivity index (χ3v) is 1.01. The van der Waals surface area contributed by atoms with E-state index in [1.165, 1.54) is 0 Å². The minimum absolute atomic E-state index is 0.389. The van der Waals surface area contributed by atoms with Crippen LogP contribution in [0.2, 0.25) is 0 Å². The van der Waals surface area contributed by atoms with Gasteiger partial charge in [-0.1, -0.05) is 6.92 Å². The van der Waals surface area contributed by atoms with Gasteiger partial charge in [0, 0.05) is 0 Å². The van der Waals surface area contributed by atoms with Crippen molar-refractivity contribution in [1.29, 1.82) is 0 Å². The largest absolute Gasteiger partial charge is 0.202 e. The Labute approximate surface area is 51.4 Å². The maximum atomic E-state index is 5.32. The maximum Gasteiger partial charge on any atom is 0.114 e. The molecule has 0 aromatic carbocycles. The van der Waals surface area contributed by atoms with E-state index in [1.54, 1.807) is 0 Å². The summed E-state index contributed by atoms with van der Waals surface area (Å²) in [6, 6.07) is 0. The second-order valence-corrected chi connectivity index (χ2v) is 2.24. The van der Waals surface area contributed by atoms with Gasteiger partial charge < -0.3 is 0 Å². The van der Waals surface area contributed by atoms with Crippen LogP contribution >= 0.6 is 0 Å². The normalized spacial score (nSPS) is 14.6. The van der Waals surface area contributed by atoms with Gasteiger partial charge in [-0.3, -0.25) is 0 Å². The lowest BCUT2D eigenvalue weighted by Crippen LogP contribution is -3.05. The van der Waals surface area contributed by atoms with Crippen LogP contribution in [0.15, 0.2) is 0 Å². The van der Waals surface area contributed by atoms with E-state index in [1.807, 2.05) is 14.1 Å². The summed E-state index contributed by atoms with van der Waals surface area (Å²) in [6.45, 7) is 4.20. The van der Waals surface area contributed by atoms with E-state index in [0.717, 1.165) is 11.5 Å². The molecule has 0 rings (SSSR count). The van der Waals surface area contributed by atoms with Crippen molar-refractivity contribution in [3.8, 4) is 0 Å². The predicted octanol–water partition coefficient (Wildman–Crippen LogP) is -0.139. The molecule has 0 radical (unpaired) electrons. The molecule has 50 valence electrons. The van der Waals surface area contributed by atoms with Crippen molar-refractivity contribution in [1.82, 2.24) is 0 Å². The van der Waals surface area contributed by atoms with Crippen molar-refractivity contribution >= 4 is 0 Å². The van der Waals surface area contributed by atoms with Crippen molar-refractivity contribution in [3.05, 3.63) is 0 Å². The molecule has 0 aromatic rings. The zero-order chi connectivity index (χ0) is 6.57. The third kappa shape index (κ3) is 4.09. The Morgan fingerprint density at radius 2 is 2.00 bits per heavy atom. The predicted molar refractivity (Wildman–Crippen MR) is 33.6 cm³/mol. The number of quaternary nitrogens is 1. The van der Waals surface area contributed by atoms with Crippen LogP contribution in [0.25, 0.3) is 0 Å². The summed E-state index contributed by atoms with van der Waals surface area (Å²) in [5.41, 5.74) is 0. The molecule has 0 aliphatic carbocycles. The van der Waals surface area contributed by atoms with Gasteiger partial charge in [0.1, 0.15) is 6.10 Å². The van der Waals surface area contributed by atoms with Crippen molar-refractivity contribution in [2.24, 2.45) is 0 Å². The highest BCUT2D eigenvalue weighted by atomic mass is 16.7. The number of nitrogens with one attached hydrogen (secondary N) is 1. The van der Waals surface area contributed by atoms with Gasteiger partial charge in [0.05, 0.1) is 14.1 Å². The summed E-state index contributed by atoms with van der Waals surface area (Å²) < 4.78 is 0. The lowest BCUT2D eigenvalue weighted by atomic mass is 10.3. The molecule has 1 unspecified atom stereocenters. The molecule has 0 aliphatic rings. The van der Waals surface area contributed by atoms with Crippen LogP contribution < -0.4 is 5.06 Å². The lowest BCUT2D eigenvalue weighted by molar-refractivity contribution is -1.07. The van der Waals surface area contributed by atoms with Gasteiger partial charge in [0.25, 0.3) is 0 Å². The number of rotatable bonds is 3. The fourth-order valence-electron chi connectivity index (χ4n) is 0.486. The average Bonchev–Trinajstić information content (AvgIpc) is 1.65. The van der Waals surface area contributed by atoms with Gasteiger partial charge in [0.2, 0.25) is 0 Å². The first kappa shape index (κ1) is 7.92. The molecule has 8 heavy (non-hydrogen) atoms. The lowest BCUT2D eigenvalue weighted by Gasteiger charge is -2.10. The Balaban J connectivity index is 3.10. The summed E-state index contributed by atoms with van der Waals surface area (Å²) in [7, 11) is 3.96. The molecule has 2 heteroatoms. The van der Waals surface area contributed by atoms with Crippen LogP contribution in [0, 0.1) is 0 Å². The number of hydrogen-bond donors (Lipinski definition) is 1. The van der Waals surface area contributed by atoms with Gasteiger partial charge in [-0.15, -0.1) is 0 Å². The maximum absolute atomic E-state index is 5.32. The van der Waals surface area contributed by atoms with Gasteiger partial charge in [-0.05, 0) is 13.3 Å². The van der Waals surface area contributed by atoms with Crippen LogP contribution in [0.3, 0.4) is 0 Å². The molecule has 0 heterocycles. The molecule has 0 saturated carbocycles. The molecule has 2 nitrogen and oxygen atoms in total. The highest BCUT2D eigenvalue weighted by Crippen LogP contribution is 1.88. The van der Waals surface area contributed by atoms with Crippen LogP contribution in [0.5, 0.6) is 0 Å². The molecule has 0 aromatic heterocycles. The first-order valence-corrected chi connectivity index (χ1v) is 3.13. The van der Waals surface area contributed by atoms with Crippen LogP contribution in [-0.2, 0) is 4.84 Å². The van der Waals surface area contributed by atoms with Crippen LogP contribution in [0.4, 0.5) is 0 Å². The quantitative estimate of drug-likeness (QED) is 0.509. The zero-order valence-corrected chi connectivity index (χ0v) is 6.19. The van der Waals surface area contributed by atoms with E-state index in [9.17, 15) is 0 Å². The average molecular weight is 118 g/mol. The molecule has 1 N–H and O–H groups in total. The minimum atomic E-state index is 0.389. The van der Waals surface area contributed by atoms with E-state index in [-0.39, 0.29) is 0 Å². The van der Waals surface area contributed by atoms with Crippen LogP contribution in [-0.4, -0.2) is 20.2 Å². The first-order valence-electron chi connectivity index (χ1n) is 3.13. The van der Waals surface area contributed by atoms with Crippen molar-refractivity contribution in [2.45, 2.75) is 26.4 Å². The van der Waals surface area contributed by atoms with Gasteiger partial charge in [-0.25, -0.2) is 4.84 Å². The van der Waals surface area contributed by atoms with E-state index in [0.29, 0.717) is 6.10 Å². The molecule has 0 bridgehead atoms. The molecule has 0 spiro atoms. The third-order valence-electron chi connectivity index (χ3n) is 1.01. The molecule has 0 saturated heterocycles. The summed E-state index contributed by atoms with van der Waals surface area (Å²) >= 11 is 0. The zero-order valence-electron chi connectivity index (χ0n) is 6.19. The SMILES string of the molecule is CCC(C)O[NH+](C)C. The molecule has 0 amide bonds. The Bertz CT molecular complexity index is 54.5. The molecule has 1 atom stereocenters. The molecular weight excluding hydrogens is 102 g/mol. The monoisotopic (exact) mass is 118 g/mol. The number of hydrogen-bond acceptors (Lipinski definition) is 1. The standard InChI is InChI=1S/C6H15NO/c1-5-6(2)8-7(3)4/h6H,5H2,1-4H3/p+1. The Morgan fingerprint density at radius 3 is 2.12 bits per heavy atom. The van der Waals surface area contributed by atoms with Crippen molar-refractivity contribution < 1.29 is 9.90 Å². The Kier molecular flexibility index (Phi) is 3.83. The van der Waals surface area contributed by atoms with Gasteiger partial charge in [-0.2, -0.15) is 5.06 Å². The highest BCUT2D eigenvalue weighted by Gasteiger charge is 2.01. The summed E-state index contributed by atoms with van der Waals surface area (Å²) in [5.74, 6) is 0. The molecule has 0 fully saturated rings. The second kappa shape index (κ2) is 3.87. The number of hydroxylamine groups is 2. The van der Waals surface area contributed by atoms with E-state index >= 15 is 0 Å². The first-order chi connectivity index (χ1) is 3.66. The summed E-state index contributed by atoms with van der Waals surface area (Å²) in [5, 5.41) is 1.05. The molecular formula is C6H16NO+. The fourth-order valence-corrected chi connectivity index (χ4v) is 0.486. The van der Waals surface area contributed by atoms with Crippen molar-refractivity contribution in [2.75, 3.05) is 14.1 Å². The van der Waals surface area contributed by atoms with Crippen molar-refractivity contribution in [3.63, 3.8) is 0 Å². The Hall–Kier alpha value is -0.0800. The summed E-state index contributed by atoms with van der Waals surface area (Å²) in [6.07, 6.45) is 1.48. The molecule has 0 aliphatic heterocycles. The van der Waals surface area contributed by atoms with Gasteiger partial charge >= 0.3 is 0 Å². The highest BCUT2D eigenvalue weighted by molar-refractivity contribution is 4.37. The van der Waals surface area contributed by atoms with E-state index in [4.69, 9.17) is 4.84 Å². The second-order valence-electron chi connectivity index (χ2n) is 2.24. The fraction of sp³-hybridized carbons (Fsp3) is 1.00. The van der Waals surface area contributed by atoms with Crippen LogP contribution in [0.1, 0.15) is 20.3 Å². The van der Waals surface area contributed by atoms with E-state index < -0.39 is 0 Å².